The lowest BCUT2D eigenvalue weighted by atomic mass is 9.86. The maximum absolute atomic E-state index is 11.9. The van der Waals surface area contributed by atoms with Gasteiger partial charge in [0.15, 0.2) is 5.78 Å². The summed E-state index contributed by atoms with van der Waals surface area (Å²) >= 11 is 5.70. The van der Waals surface area contributed by atoms with Gasteiger partial charge in [-0.05, 0) is 26.0 Å². The molecule has 0 aromatic carbocycles. The molecular weight excluding hydrogens is 242 g/mol. The summed E-state index contributed by atoms with van der Waals surface area (Å²) in [5.74, 6) is -0.657. The molecule has 0 saturated heterocycles. The first-order chi connectivity index (χ1) is 7.86. The fourth-order valence-corrected chi connectivity index (χ4v) is 1.57. The lowest BCUT2D eigenvalue weighted by Crippen LogP contribution is -2.28. The summed E-state index contributed by atoms with van der Waals surface area (Å²) in [5.41, 5.74) is -0.606. The average molecular weight is 256 g/mol. The molecule has 1 aromatic rings. The molecule has 1 aromatic heterocycles. The Kier molecular flexibility index (Phi) is 4.23. The van der Waals surface area contributed by atoms with Gasteiger partial charge in [0.2, 0.25) is 0 Å². The number of carbonyl (C=O) groups excluding carboxylic acids is 2. The van der Waals surface area contributed by atoms with Crippen LogP contribution >= 0.6 is 11.6 Å². The van der Waals surface area contributed by atoms with E-state index >= 15 is 0 Å². The molecule has 92 valence electrons. The van der Waals surface area contributed by atoms with Crippen molar-refractivity contribution in [2.75, 3.05) is 7.11 Å². The normalized spacial score (nSPS) is 11.1. The maximum atomic E-state index is 11.9. The molecule has 0 aliphatic carbocycles. The highest BCUT2D eigenvalue weighted by atomic mass is 35.5. The summed E-state index contributed by atoms with van der Waals surface area (Å²) in [5, 5.41) is 0.256. The van der Waals surface area contributed by atoms with E-state index in [0.29, 0.717) is 0 Å². The van der Waals surface area contributed by atoms with Gasteiger partial charge in [-0.15, -0.1) is 0 Å². The summed E-state index contributed by atoms with van der Waals surface area (Å²) in [6.07, 6.45) is 0.0347. The first kappa shape index (κ1) is 13.6. The minimum atomic E-state index is -0.865. The molecular formula is C12H14ClNO3. The molecule has 1 heterocycles. The third kappa shape index (κ3) is 3.53. The van der Waals surface area contributed by atoms with Gasteiger partial charge in [0.25, 0.3) is 0 Å². The quantitative estimate of drug-likeness (QED) is 0.471. The number of rotatable bonds is 4. The average Bonchev–Trinajstić information content (AvgIpc) is 2.27. The number of hydrogen-bond donors (Lipinski definition) is 0. The van der Waals surface area contributed by atoms with Crippen LogP contribution in [0.25, 0.3) is 0 Å². The van der Waals surface area contributed by atoms with Gasteiger partial charge in [-0.25, -0.2) is 4.98 Å². The van der Waals surface area contributed by atoms with Crippen molar-refractivity contribution in [3.8, 4) is 0 Å². The van der Waals surface area contributed by atoms with Crippen LogP contribution in [-0.2, 0) is 9.53 Å². The SMILES string of the molecule is COC(=O)C(C)(C)CC(=O)c1cccc(Cl)n1. The smallest absolute Gasteiger partial charge is 0.311 e. The molecule has 0 fully saturated rings. The van der Waals surface area contributed by atoms with E-state index in [2.05, 4.69) is 9.72 Å². The minimum absolute atomic E-state index is 0.0347. The number of aromatic nitrogens is 1. The van der Waals surface area contributed by atoms with Crippen molar-refractivity contribution in [3.63, 3.8) is 0 Å². The van der Waals surface area contributed by atoms with Gasteiger partial charge in [0.05, 0.1) is 12.5 Å². The highest BCUT2D eigenvalue weighted by Gasteiger charge is 2.32. The molecule has 0 aliphatic heterocycles. The standard InChI is InChI=1S/C12H14ClNO3/c1-12(2,11(16)17-3)7-9(15)8-5-4-6-10(13)14-8/h4-6H,7H2,1-3H3. The largest absolute Gasteiger partial charge is 0.469 e. The molecule has 0 spiro atoms. The lowest BCUT2D eigenvalue weighted by molar-refractivity contribution is -0.150. The second-order valence-corrected chi connectivity index (χ2v) is 4.71. The number of ether oxygens (including phenoxy) is 1. The van der Waals surface area contributed by atoms with Crippen LogP contribution < -0.4 is 0 Å². The van der Waals surface area contributed by atoms with Crippen molar-refractivity contribution < 1.29 is 14.3 Å². The molecule has 0 aliphatic rings. The molecule has 0 unspecified atom stereocenters. The van der Waals surface area contributed by atoms with Crippen LogP contribution in [0.2, 0.25) is 5.15 Å². The van der Waals surface area contributed by atoms with Crippen molar-refractivity contribution in [2.24, 2.45) is 5.41 Å². The molecule has 0 amide bonds. The van der Waals surface area contributed by atoms with Gasteiger partial charge in [-0.1, -0.05) is 17.7 Å². The van der Waals surface area contributed by atoms with Gasteiger partial charge >= 0.3 is 5.97 Å². The zero-order chi connectivity index (χ0) is 13.1. The van der Waals surface area contributed by atoms with E-state index in [1.54, 1.807) is 32.0 Å². The maximum Gasteiger partial charge on any atom is 0.311 e. The third-order valence-corrected chi connectivity index (χ3v) is 2.55. The Morgan fingerprint density at radius 2 is 2.06 bits per heavy atom. The van der Waals surface area contributed by atoms with Gasteiger partial charge in [0.1, 0.15) is 10.8 Å². The Hall–Kier alpha value is -1.42. The van der Waals surface area contributed by atoms with Gasteiger partial charge < -0.3 is 4.74 Å². The Morgan fingerprint density at radius 1 is 1.41 bits per heavy atom. The van der Waals surface area contributed by atoms with Crippen LogP contribution in [-0.4, -0.2) is 23.8 Å². The number of methoxy groups -OCH3 is 1. The highest BCUT2D eigenvalue weighted by Crippen LogP contribution is 2.24. The first-order valence-electron chi connectivity index (χ1n) is 5.11. The van der Waals surface area contributed by atoms with Gasteiger partial charge in [0, 0.05) is 6.42 Å². The third-order valence-electron chi connectivity index (χ3n) is 2.34. The molecule has 4 nitrogen and oxygen atoms in total. The molecule has 0 saturated carbocycles. The van der Waals surface area contributed by atoms with Crippen LogP contribution in [0, 0.1) is 5.41 Å². The van der Waals surface area contributed by atoms with Crippen molar-refractivity contribution in [1.29, 1.82) is 0 Å². The summed E-state index contributed by atoms with van der Waals surface area (Å²) in [7, 11) is 1.30. The highest BCUT2D eigenvalue weighted by molar-refractivity contribution is 6.29. The van der Waals surface area contributed by atoms with Gasteiger partial charge in [-0.2, -0.15) is 0 Å². The summed E-state index contributed by atoms with van der Waals surface area (Å²) in [6, 6.07) is 4.80. The number of carbonyl (C=O) groups is 2. The topological polar surface area (TPSA) is 56.3 Å². The molecule has 0 radical (unpaired) electrons. The number of ketones is 1. The van der Waals surface area contributed by atoms with Crippen LogP contribution in [0.5, 0.6) is 0 Å². The van der Waals surface area contributed by atoms with Gasteiger partial charge in [-0.3, -0.25) is 9.59 Å². The Bertz CT molecular complexity index is 443. The van der Waals surface area contributed by atoms with Crippen LogP contribution in [0.4, 0.5) is 0 Å². The van der Waals surface area contributed by atoms with E-state index in [0.717, 1.165) is 0 Å². The Labute approximate surface area is 105 Å². The van der Waals surface area contributed by atoms with E-state index in [9.17, 15) is 9.59 Å². The van der Waals surface area contributed by atoms with E-state index in [1.165, 1.54) is 7.11 Å². The zero-order valence-corrected chi connectivity index (χ0v) is 10.7. The number of hydrogen-bond acceptors (Lipinski definition) is 4. The van der Waals surface area contributed by atoms with Crippen LogP contribution in [0.1, 0.15) is 30.8 Å². The number of esters is 1. The predicted molar refractivity (Wildman–Crippen MR) is 64.0 cm³/mol. The van der Waals surface area contributed by atoms with Crippen molar-refractivity contribution in [3.05, 3.63) is 29.0 Å². The minimum Gasteiger partial charge on any atom is -0.469 e. The summed E-state index contributed by atoms with van der Waals surface area (Å²) < 4.78 is 4.64. The molecule has 1 rings (SSSR count). The van der Waals surface area contributed by atoms with Crippen molar-refractivity contribution in [2.45, 2.75) is 20.3 Å². The number of nitrogens with zero attached hydrogens (tertiary/aromatic N) is 1. The fraction of sp³-hybridized carbons (Fsp3) is 0.417. The van der Waals surface area contributed by atoms with Crippen molar-refractivity contribution in [1.82, 2.24) is 4.98 Å². The van der Waals surface area contributed by atoms with E-state index in [4.69, 9.17) is 11.6 Å². The fourth-order valence-electron chi connectivity index (χ4n) is 1.40. The van der Waals surface area contributed by atoms with E-state index in [-0.39, 0.29) is 23.1 Å². The Morgan fingerprint density at radius 3 is 2.59 bits per heavy atom. The molecule has 17 heavy (non-hydrogen) atoms. The van der Waals surface area contributed by atoms with Crippen molar-refractivity contribution >= 4 is 23.4 Å². The number of halogens is 1. The van der Waals surface area contributed by atoms with E-state index in [1.807, 2.05) is 0 Å². The second-order valence-electron chi connectivity index (χ2n) is 4.32. The first-order valence-corrected chi connectivity index (χ1v) is 5.49. The number of Topliss-reactive ketones (excluding diaryl/α,β-unsaturated/α-hetero) is 1. The molecule has 5 heteroatoms. The van der Waals surface area contributed by atoms with E-state index < -0.39 is 11.4 Å². The summed E-state index contributed by atoms with van der Waals surface area (Å²) in [4.78, 5) is 27.3. The number of pyridine rings is 1. The molecule has 0 atom stereocenters. The molecule has 0 N–H and O–H groups in total. The summed E-state index contributed by atoms with van der Waals surface area (Å²) in [6.45, 7) is 3.31. The van der Waals surface area contributed by atoms with Crippen LogP contribution in [0.3, 0.4) is 0 Å². The zero-order valence-electron chi connectivity index (χ0n) is 9.99. The molecule has 0 bridgehead atoms. The second kappa shape index (κ2) is 5.27. The lowest BCUT2D eigenvalue weighted by Gasteiger charge is -2.19. The Balaban J connectivity index is 2.83. The monoisotopic (exact) mass is 255 g/mol. The predicted octanol–water partition coefficient (Wildman–Crippen LogP) is 2.51. The van der Waals surface area contributed by atoms with Crippen LogP contribution in [0.15, 0.2) is 18.2 Å².